The SMILES string of the molecule is Cc1cc(C)cc(-c2ccc(-n3cncc3C(=O)NC[C@@H]3COC(C)(C)O3)cc2)c1. The Morgan fingerprint density at radius 2 is 1.83 bits per heavy atom. The largest absolute Gasteiger partial charge is 0.348 e. The van der Waals surface area contributed by atoms with Crippen LogP contribution < -0.4 is 5.32 Å². The van der Waals surface area contributed by atoms with Crippen molar-refractivity contribution in [1.82, 2.24) is 14.9 Å². The number of benzene rings is 2. The van der Waals surface area contributed by atoms with Gasteiger partial charge in [0.15, 0.2) is 5.79 Å². The molecule has 30 heavy (non-hydrogen) atoms. The Kier molecular flexibility index (Phi) is 5.45. The molecule has 2 heterocycles. The molecule has 3 aromatic rings. The summed E-state index contributed by atoms with van der Waals surface area (Å²) >= 11 is 0. The van der Waals surface area contributed by atoms with Crippen molar-refractivity contribution in [3.63, 3.8) is 0 Å². The zero-order valence-corrected chi connectivity index (χ0v) is 17.8. The molecule has 1 amide bonds. The first-order valence-electron chi connectivity index (χ1n) is 10.1. The lowest BCUT2D eigenvalue weighted by atomic mass is 10.0. The summed E-state index contributed by atoms with van der Waals surface area (Å²) in [5.74, 6) is -0.798. The van der Waals surface area contributed by atoms with E-state index in [9.17, 15) is 4.79 Å². The van der Waals surface area contributed by atoms with E-state index in [1.807, 2.05) is 26.0 Å². The van der Waals surface area contributed by atoms with Crippen molar-refractivity contribution < 1.29 is 14.3 Å². The van der Waals surface area contributed by atoms with E-state index < -0.39 is 5.79 Å². The van der Waals surface area contributed by atoms with Crippen molar-refractivity contribution in [2.75, 3.05) is 13.2 Å². The molecule has 156 valence electrons. The highest BCUT2D eigenvalue weighted by atomic mass is 16.7. The number of carbonyl (C=O) groups is 1. The smallest absolute Gasteiger partial charge is 0.270 e. The number of imidazole rings is 1. The first-order chi connectivity index (χ1) is 14.3. The van der Waals surface area contributed by atoms with E-state index in [2.05, 4.69) is 54.5 Å². The summed E-state index contributed by atoms with van der Waals surface area (Å²) in [6.07, 6.45) is 3.07. The maximum Gasteiger partial charge on any atom is 0.270 e. The lowest BCUT2D eigenvalue weighted by Gasteiger charge is -2.17. The van der Waals surface area contributed by atoms with Crippen LogP contribution in [0.1, 0.15) is 35.5 Å². The summed E-state index contributed by atoms with van der Waals surface area (Å²) in [5.41, 5.74) is 6.16. The zero-order valence-electron chi connectivity index (χ0n) is 17.8. The molecule has 6 heteroatoms. The van der Waals surface area contributed by atoms with Crippen LogP contribution in [0.3, 0.4) is 0 Å². The van der Waals surface area contributed by atoms with Gasteiger partial charge in [-0.3, -0.25) is 9.36 Å². The molecule has 0 unspecified atom stereocenters. The molecule has 0 radical (unpaired) electrons. The molecule has 1 N–H and O–H groups in total. The van der Waals surface area contributed by atoms with Gasteiger partial charge in [0.05, 0.1) is 19.1 Å². The zero-order chi connectivity index (χ0) is 21.3. The fourth-order valence-electron chi connectivity index (χ4n) is 3.79. The third-order valence-electron chi connectivity index (χ3n) is 5.13. The van der Waals surface area contributed by atoms with E-state index in [-0.39, 0.29) is 12.0 Å². The number of carbonyl (C=O) groups excluding carboxylic acids is 1. The third kappa shape index (κ3) is 4.45. The van der Waals surface area contributed by atoms with Gasteiger partial charge >= 0.3 is 0 Å². The molecule has 4 rings (SSSR count). The van der Waals surface area contributed by atoms with Crippen LogP contribution in [0, 0.1) is 13.8 Å². The highest BCUT2D eigenvalue weighted by Crippen LogP contribution is 2.24. The summed E-state index contributed by atoms with van der Waals surface area (Å²) < 4.78 is 13.1. The second-order valence-corrected chi connectivity index (χ2v) is 8.23. The summed E-state index contributed by atoms with van der Waals surface area (Å²) in [7, 11) is 0. The molecule has 1 aliphatic rings. The number of rotatable bonds is 5. The van der Waals surface area contributed by atoms with Crippen molar-refractivity contribution in [2.45, 2.75) is 39.6 Å². The highest BCUT2D eigenvalue weighted by Gasteiger charge is 2.32. The molecule has 2 aromatic carbocycles. The Morgan fingerprint density at radius 3 is 2.47 bits per heavy atom. The molecule has 0 saturated carbocycles. The molecule has 6 nitrogen and oxygen atoms in total. The van der Waals surface area contributed by atoms with Gasteiger partial charge in [-0.1, -0.05) is 41.5 Å². The van der Waals surface area contributed by atoms with Crippen molar-refractivity contribution in [2.24, 2.45) is 0 Å². The van der Waals surface area contributed by atoms with E-state index in [1.165, 1.54) is 16.7 Å². The molecule has 1 aromatic heterocycles. The second-order valence-electron chi connectivity index (χ2n) is 8.23. The van der Waals surface area contributed by atoms with Crippen molar-refractivity contribution in [3.8, 4) is 16.8 Å². The van der Waals surface area contributed by atoms with E-state index in [0.29, 0.717) is 18.8 Å². The van der Waals surface area contributed by atoms with Crippen LogP contribution in [0.4, 0.5) is 0 Å². The molecule has 0 aliphatic carbocycles. The van der Waals surface area contributed by atoms with Gasteiger partial charge in [-0.05, 0) is 51.0 Å². The predicted octanol–water partition coefficient (Wildman–Crippen LogP) is 4.04. The minimum Gasteiger partial charge on any atom is -0.348 e. The fourth-order valence-corrected chi connectivity index (χ4v) is 3.79. The molecule has 0 spiro atoms. The van der Waals surface area contributed by atoms with Crippen LogP contribution in [0.15, 0.2) is 55.0 Å². The summed E-state index contributed by atoms with van der Waals surface area (Å²) in [6.45, 7) is 8.79. The van der Waals surface area contributed by atoms with Gasteiger partial charge in [-0.25, -0.2) is 4.98 Å². The molecule has 0 bridgehead atoms. The number of hydrogen-bond acceptors (Lipinski definition) is 4. The first-order valence-corrected chi connectivity index (χ1v) is 10.1. The van der Waals surface area contributed by atoms with Crippen LogP contribution in [0.2, 0.25) is 0 Å². The summed E-state index contributed by atoms with van der Waals surface area (Å²) in [6, 6.07) is 14.7. The lowest BCUT2D eigenvalue weighted by Crippen LogP contribution is -2.35. The van der Waals surface area contributed by atoms with Crippen LogP contribution in [-0.2, 0) is 9.47 Å². The molecular formula is C24H27N3O3. The third-order valence-corrected chi connectivity index (χ3v) is 5.13. The van der Waals surface area contributed by atoms with Crippen LogP contribution in [0.5, 0.6) is 0 Å². The fraction of sp³-hybridized carbons (Fsp3) is 0.333. The van der Waals surface area contributed by atoms with E-state index >= 15 is 0 Å². The number of nitrogens with one attached hydrogen (secondary N) is 1. The molecule has 1 atom stereocenters. The lowest BCUT2D eigenvalue weighted by molar-refractivity contribution is -0.137. The van der Waals surface area contributed by atoms with Gasteiger partial charge in [0, 0.05) is 12.2 Å². The van der Waals surface area contributed by atoms with Gasteiger partial charge in [-0.2, -0.15) is 0 Å². The van der Waals surface area contributed by atoms with Crippen molar-refractivity contribution >= 4 is 5.91 Å². The Morgan fingerprint density at radius 1 is 1.13 bits per heavy atom. The Hall–Kier alpha value is -2.96. The predicted molar refractivity (Wildman–Crippen MR) is 116 cm³/mol. The number of amides is 1. The summed E-state index contributed by atoms with van der Waals surface area (Å²) in [5, 5.41) is 2.92. The van der Waals surface area contributed by atoms with Gasteiger partial charge in [0.2, 0.25) is 0 Å². The van der Waals surface area contributed by atoms with Crippen LogP contribution in [-0.4, -0.2) is 40.5 Å². The maximum atomic E-state index is 12.7. The monoisotopic (exact) mass is 405 g/mol. The number of aryl methyl sites for hydroxylation is 2. The number of aromatic nitrogens is 2. The topological polar surface area (TPSA) is 65.4 Å². The van der Waals surface area contributed by atoms with Gasteiger partial charge in [0.1, 0.15) is 11.8 Å². The van der Waals surface area contributed by atoms with Gasteiger partial charge in [0.25, 0.3) is 5.91 Å². The minimum absolute atomic E-state index is 0.155. The van der Waals surface area contributed by atoms with Crippen LogP contribution in [0.25, 0.3) is 16.8 Å². The number of nitrogens with zero attached hydrogens (tertiary/aromatic N) is 2. The maximum absolute atomic E-state index is 12.7. The molecular weight excluding hydrogens is 378 g/mol. The molecule has 1 saturated heterocycles. The average Bonchev–Trinajstić information content (AvgIpc) is 3.32. The minimum atomic E-state index is -0.602. The molecule has 1 fully saturated rings. The quantitative estimate of drug-likeness (QED) is 0.696. The van der Waals surface area contributed by atoms with Gasteiger partial charge in [-0.15, -0.1) is 0 Å². The number of ether oxygens (including phenoxy) is 2. The summed E-state index contributed by atoms with van der Waals surface area (Å²) in [4.78, 5) is 16.9. The van der Waals surface area contributed by atoms with E-state index in [1.54, 1.807) is 17.1 Å². The number of hydrogen-bond donors (Lipinski definition) is 1. The first kappa shape index (κ1) is 20.3. The second kappa shape index (κ2) is 8.05. The van der Waals surface area contributed by atoms with Crippen molar-refractivity contribution in [1.29, 1.82) is 0 Å². The Balaban J connectivity index is 1.48. The van der Waals surface area contributed by atoms with E-state index in [4.69, 9.17) is 9.47 Å². The van der Waals surface area contributed by atoms with Crippen LogP contribution >= 0.6 is 0 Å². The average molecular weight is 405 g/mol. The Labute approximate surface area is 176 Å². The Bertz CT molecular complexity index is 1030. The van der Waals surface area contributed by atoms with E-state index in [0.717, 1.165) is 11.3 Å². The highest BCUT2D eigenvalue weighted by molar-refractivity contribution is 5.93. The normalized spacial score (nSPS) is 17.8. The standard InChI is InChI=1S/C24H27N3O3/c1-16-9-17(2)11-19(10-16)18-5-7-20(8-6-18)27-15-25-13-22(27)23(28)26-12-21-14-29-24(3,4)30-21/h5-11,13,15,21H,12,14H2,1-4H3,(H,26,28)/t21-/m1/s1. The van der Waals surface area contributed by atoms with Gasteiger partial charge < -0.3 is 14.8 Å². The van der Waals surface area contributed by atoms with Crippen molar-refractivity contribution in [3.05, 3.63) is 71.8 Å². The molecule has 1 aliphatic heterocycles.